The Balaban J connectivity index is 2.07. The van der Waals surface area contributed by atoms with Crippen LogP contribution in [0.25, 0.3) is 0 Å². The third kappa shape index (κ3) is 4.53. The summed E-state index contributed by atoms with van der Waals surface area (Å²) in [7, 11) is 1.35. The molecule has 2 N–H and O–H groups in total. The number of anilines is 2. The van der Waals surface area contributed by atoms with Crippen molar-refractivity contribution >= 4 is 34.7 Å². The lowest BCUT2D eigenvalue weighted by Crippen LogP contribution is -2.20. The van der Waals surface area contributed by atoms with Crippen molar-refractivity contribution in [3.05, 3.63) is 59.7 Å². The number of thiocarbonyl (C=S) groups is 1. The second kappa shape index (κ2) is 7.74. The Morgan fingerprint density at radius 1 is 1.04 bits per heavy atom. The van der Waals surface area contributed by atoms with Crippen LogP contribution in [0, 0.1) is 0 Å². The van der Waals surface area contributed by atoms with E-state index in [4.69, 9.17) is 17.0 Å². The molecule has 2 aromatic carbocycles. The molecule has 120 valence electrons. The van der Waals surface area contributed by atoms with Crippen LogP contribution in [0.1, 0.15) is 35.7 Å². The van der Waals surface area contributed by atoms with E-state index in [2.05, 4.69) is 36.6 Å². The van der Waals surface area contributed by atoms with Crippen molar-refractivity contribution in [3.63, 3.8) is 0 Å². The Morgan fingerprint density at radius 2 is 1.70 bits per heavy atom. The van der Waals surface area contributed by atoms with E-state index in [0.717, 1.165) is 5.69 Å². The van der Waals surface area contributed by atoms with Gasteiger partial charge in [0.25, 0.3) is 0 Å². The van der Waals surface area contributed by atoms with Gasteiger partial charge in [-0.1, -0.05) is 38.1 Å². The largest absolute Gasteiger partial charge is 0.465 e. The van der Waals surface area contributed by atoms with E-state index < -0.39 is 5.97 Å². The van der Waals surface area contributed by atoms with E-state index in [-0.39, 0.29) is 0 Å². The van der Waals surface area contributed by atoms with Gasteiger partial charge in [0.15, 0.2) is 5.11 Å². The maximum Gasteiger partial charge on any atom is 0.339 e. The van der Waals surface area contributed by atoms with Crippen molar-refractivity contribution < 1.29 is 9.53 Å². The van der Waals surface area contributed by atoms with Crippen LogP contribution < -0.4 is 10.6 Å². The van der Waals surface area contributed by atoms with Crippen molar-refractivity contribution in [2.45, 2.75) is 19.8 Å². The fourth-order valence-corrected chi connectivity index (χ4v) is 2.34. The van der Waals surface area contributed by atoms with E-state index in [1.807, 2.05) is 18.2 Å². The van der Waals surface area contributed by atoms with Gasteiger partial charge in [-0.3, -0.25) is 0 Å². The zero-order valence-electron chi connectivity index (χ0n) is 13.4. The molecule has 2 rings (SSSR count). The van der Waals surface area contributed by atoms with Crippen molar-refractivity contribution in [3.8, 4) is 0 Å². The fourth-order valence-electron chi connectivity index (χ4n) is 2.12. The van der Waals surface area contributed by atoms with Gasteiger partial charge < -0.3 is 15.4 Å². The summed E-state index contributed by atoms with van der Waals surface area (Å²) < 4.78 is 4.77. The molecule has 0 saturated carbocycles. The molecule has 5 heteroatoms. The molecule has 0 radical (unpaired) electrons. The molecule has 23 heavy (non-hydrogen) atoms. The van der Waals surface area contributed by atoms with Crippen LogP contribution in [0.15, 0.2) is 48.5 Å². The zero-order chi connectivity index (χ0) is 16.8. The lowest BCUT2D eigenvalue weighted by molar-refractivity contribution is 0.0602. The van der Waals surface area contributed by atoms with Crippen LogP contribution in [0.3, 0.4) is 0 Å². The molecule has 0 bridgehead atoms. The van der Waals surface area contributed by atoms with Crippen molar-refractivity contribution in [1.29, 1.82) is 0 Å². The summed E-state index contributed by atoms with van der Waals surface area (Å²) in [5, 5.41) is 6.56. The number of para-hydroxylation sites is 1. The fraction of sp³-hybridized carbons (Fsp3) is 0.222. The Labute approximate surface area is 141 Å². The molecule has 4 nitrogen and oxygen atoms in total. The molecule has 0 spiro atoms. The van der Waals surface area contributed by atoms with E-state index in [1.165, 1.54) is 12.7 Å². The minimum Gasteiger partial charge on any atom is -0.465 e. The Morgan fingerprint density at radius 3 is 2.30 bits per heavy atom. The van der Waals surface area contributed by atoms with E-state index in [9.17, 15) is 4.79 Å². The number of carbonyl (C=O) groups excluding carboxylic acids is 1. The number of nitrogens with one attached hydrogen (secondary N) is 2. The number of esters is 1. The third-order valence-electron chi connectivity index (χ3n) is 3.42. The van der Waals surface area contributed by atoms with Crippen molar-refractivity contribution in [1.82, 2.24) is 0 Å². The topological polar surface area (TPSA) is 50.4 Å². The van der Waals surface area contributed by atoms with E-state index in [1.54, 1.807) is 18.2 Å². The molecule has 0 unspecified atom stereocenters. The van der Waals surface area contributed by atoms with Crippen molar-refractivity contribution in [2.75, 3.05) is 17.7 Å². The first-order chi connectivity index (χ1) is 11.0. The van der Waals surface area contributed by atoms with Crippen LogP contribution in [-0.2, 0) is 4.74 Å². The Kier molecular flexibility index (Phi) is 5.71. The molecular weight excluding hydrogens is 308 g/mol. The normalized spacial score (nSPS) is 10.3. The summed E-state index contributed by atoms with van der Waals surface area (Å²) in [6, 6.07) is 15.2. The standard InChI is InChI=1S/C18H20N2O2S/c1-12(2)13-8-10-14(11-9-13)19-18(23)20-16-7-5-4-6-15(16)17(21)22-3/h4-12H,1-3H3,(H2,19,20,23). The molecule has 0 fully saturated rings. The second-order valence-corrected chi connectivity index (χ2v) is 5.80. The van der Waals surface area contributed by atoms with Crippen LogP contribution in [0.5, 0.6) is 0 Å². The van der Waals surface area contributed by atoms with Gasteiger partial charge in [-0.15, -0.1) is 0 Å². The molecule has 0 saturated heterocycles. The van der Waals surface area contributed by atoms with Gasteiger partial charge in [-0.25, -0.2) is 4.79 Å². The lowest BCUT2D eigenvalue weighted by Gasteiger charge is -2.14. The number of carbonyl (C=O) groups is 1. The number of hydrogen-bond donors (Lipinski definition) is 2. The summed E-state index contributed by atoms with van der Waals surface area (Å²) in [5.41, 5.74) is 3.21. The average molecular weight is 328 g/mol. The molecule has 0 atom stereocenters. The molecule has 0 heterocycles. The van der Waals surface area contributed by atoms with Gasteiger partial charge in [0.2, 0.25) is 0 Å². The number of rotatable bonds is 4. The van der Waals surface area contributed by atoms with E-state index in [0.29, 0.717) is 22.3 Å². The van der Waals surface area contributed by atoms with Gasteiger partial charge in [-0.05, 0) is 48.0 Å². The third-order valence-corrected chi connectivity index (χ3v) is 3.62. The van der Waals surface area contributed by atoms with Gasteiger partial charge in [0.1, 0.15) is 0 Å². The number of methoxy groups -OCH3 is 1. The first kappa shape index (κ1) is 17.0. The molecule has 0 aliphatic heterocycles. The van der Waals surface area contributed by atoms with Crippen LogP contribution in [-0.4, -0.2) is 18.2 Å². The zero-order valence-corrected chi connectivity index (χ0v) is 14.2. The van der Waals surface area contributed by atoms with Crippen LogP contribution in [0.2, 0.25) is 0 Å². The smallest absolute Gasteiger partial charge is 0.339 e. The molecule has 0 aliphatic rings. The number of hydrogen-bond acceptors (Lipinski definition) is 3. The minimum absolute atomic E-state index is 0.405. The molecule has 2 aromatic rings. The predicted molar refractivity (Wildman–Crippen MR) is 98.2 cm³/mol. The van der Waals surface area contributed by atoms with Gasteiger partial charge >= 0.3 is 5.97 Å². The summed E-state index contributed by atoms with van der Waals surface area (Å²) in [6.45, 7) is 4.30. The number of benzene rings is 2. The molecular formula is C18H20N2O2S. The molecule has 0 amide bonds. The maximum atomic E-state index is 11.7. The second-order valence-electron chi connectivity index (χ2n) is 5.39. The highest BCUT2D eigenvalue weighted by molar-refractivity contribution is 7.80. The minimum atomic E-state index is -0.405. The highest BCUT2D eigenvalue weighted by Crippen LogP contribution is 2.19. The average Bonchev–Trinajstić information content (AvgIpc) is 2.55. The predicted octanol–water partition coefficient (Wildman–Crippen LogP) is 4.41. The highest BCUT2D eigenvalue weighted by atomic mass is 32.1. The maximum absolute atomic E-state index is 11.7. The molecule has 0 aromatic heterocycles. The van der Waals surface area contributed by atoms with Crippen molar-refractivity contribution in [2.24, 2.45) is 0 Å². The molecule has 0 aliphatic carbocycles. The summed E-state index contributed by atoms with van der Waals surface area (Å²) >= 11 is 5.31. The van der Waals surface area contributed by atoms with Gasteiger partial charge in [0, 0.05) is 5.69 Å². The quantitative estimate of drug-likeness (QED) is 0.643. The summed E-state index contributed by atoms with van der Waals surface area (Å²) in [5.74, 6) is 0.0817. The summed E-state index contributed by atoms with van der Waals surface area (Å²) in [4.78, 5) is 11.7. The highest BCUT2D eigenvalue weighted by Gasteiger charge is 2.11. The van der Waals surface area contributed by atoms with Crippen LogP contribution in [0.4, 0.5) is 11.4 Å². The van der Waals surface area contributed by atoms with Gasteiger partial charge in [-0.2, -0.15) is 0 Å². The number of ether oxygens (including phenoxy) is 1. The first-order valence-electron chi connectivity index (χ1n) is 7.36. The lowest BCUT2D eigenvalue weighted by atomic mass is 10.0. The monoisotopic (exact) mass is 328 g/mol. The SMILES string of the molecule is COC(=O)c1ccccc1NC(=S)Nc1ccc(C(C)C)cc1. The first-order valence-corrected chi connectivity index (χ1v) is 7.77. The summed E-state index contributed by atoms with van der Waals surface area (Å²) in [6.07, 6.45) is 0. The Hall–Kier alpha value is -2.40. The van der Waals surface area contributed by atoms with Crippen LogP contribution >= 0.6 is 12.2 Å². The Bertz CT molecular complexity index is 696. The van der Waals surface area contributed by atoms with E-state index >= 15 is 0 Å². The van der Waals surface area contributed by atoms with Gasteiger partial charge in [0.05, 0.1) is 18.4 Å².